The fourth-order valence-corrected chi connectivity index (χ4v) is 2.44. The molecule has 6 heteroatoms. The fraction of sp³-hybridized carbons (Fsp3) is 0.500. The van der Waals surface area contributed by atoms with Crippen LogP contribution >= 0.6 is 11.8 Å². The molecule has 1 rings (SSSR count). The Hall–Kier alpha value is -1.30. The van der Waals surface area contributed by atoms with Crippen molar-refractivity contribution in [2.45, 2.75) is 37.3 Å². The first kappa shape index (κ1) is 16.8. The lowest BCUT2D eigenvalue weighted by Gasteiger charge is -2.14. The number of hydrogen-bond donors (Lipinski definition) is 2. The number of carbonyl (C=O) groups excluding carboxylic acids is 1. The van der Waals surface area contributed by atoms with Gasteiger partial charge < -0.3 is 11.1 Å². The third-order valence-corrected chi connectivity index (χ3v) is 3.90. The van der Waals surface area contributed by atoms with E-state index in [1.807, 2.05) is 0 Å². The van der Waals surface area contributed by atoms with Gasteiger partial charge in [0.2, 0.25) is 5.91 Å². The SMILES string of the molecule is CC(C)CCNC(=O)C(C)Sc1c(F)cc(N)cc1F. The summed E-state index contributed by atoms with van der Waals surface area (Å²) in [7, 11) is 0. The first-order valence-corrected chi connectivity index (χ1v) is 7.38. The molecule has 0 aliphatic heterocycles. The Labute approximate surface area is 122 Å². The maximum absolute atomic E-state index is 13.6. The Morgan fingerprint density at radius 3 is 2.35 bits per heavy atom. The number of rotatable bonds is 6. The molecule has 3 nitrogen and oxygen atoms in total. The zero-order chi connectivity index (χ0) is 15.3. The molecule has 0 aliphatic rings. The molecule has 0 spiro atoms. The number of halogens is 2. The summed E-state index contributed by atoms with van der Waals surface area (Å²) in [5.74, 6) is -1.22. The monoisotopic (exact) mass is 302 g/mol. The number of amides is 1. The molecule has 1 aromatic rings. The minimum atomic E-state index is -0.741. The summed E-state index contributed by atoms with van der Waals surface area (Å²) in [5, 5.41) is 2.18. The predicted molar refractivity (Wildman–Crippen MR) is 78.6 cm³/mol. The molecule has 1 aromatic carbocycles. The molecular formula is C14H20F2N2OS. The van der Waals surface area contributed by atoms with Crippen molar-refractivity contribution >= 4 is 23.4 Å². The summed E-state index contributed by atoms with van der Waals surface area (Å²) in [5.41, 5.74) is 5.37. The zero-order valence-corrected chi connectivity index (χ0v) is 12.7. The van der Waals surface area contributed by atoms with Crippen LogP contribution in [0, 0.1) is 17.6 Å². The summed E-state index contributed by atoms with van der Waals surface area (Å²) < 4.78 is 27.2. The second kappa shape index (κ2) is 7.47. The highest BCUT2D eigenvalue weighted by molar-refractivity contribution is 8.00. The van der Waals surface area contributed by atoms with Crippen LogP contribution < -0.4 is 11.1 Å². The Bertz CT molecular complexity index is 457. The van der Waals surface area contributed by atoms with Gasteiger partial charge >= 0.3 is 0 Å². The third-order valence-electron chi connectivity index (χ3n) is 2.71. The van der Waals surface area contributed by atoms with Crippen LogP contribution in [0.4, 0.5) is 14.5 Å². The molecule has 0 radical (unpaired) electrons. The van der Waals surface area contributed by atoms with Gasteiger partial charge in [0.15, 0.2) is 0 Å². The number of carbonyl (C=O) groups is 1. The Balaban J connectivity index is 2.62. The number of anilines is 1. The van der Waals surface area contributed by atoms with E-state index in [2.05, 4.69) is 19.2 Å². The molecule has 0 saturated carbocycles. The van der Waals surface area contributed by atoms with E-state index in [0.717, 1.165) is 30.3 Å². The van der Waals surface area contributed by atoms with Gasteiger partial charge in [-0.3, -0.25) is 4.79 Å². The maximum Gasteiger partial charge on any atom is 0.233 e. The van der Waals surface area contributed by atoms with Gasteiger partial charge in [-0.2, -0.15) is 0 Å². The average molecular weight is 302 g/mol. The van der Waals surface area contributed by atoms with E-state index in [1.54, 1.807) is 6.92 Å². The molecule has 0 saturated heterocycles. The molecule has 20 heavy (non-hydrogen) atoms. The van der Waals surface area contributed by atoms with Crippen molar-refractivity contribution in [2.24, 2.45) is 5.92 Å². The lowest BCUT2D eigenvalue weighted by atomic mass is 10.1. The molecule has 112 valence electrons. The van der Waals surface area contributed by atoms with Crippen molar-refractivity contribution in [3.8, 4) is 0 Å². The highest BCUT2D eigenvalue weighted by atomic mass is 32.2. The van der Waals surface area contributed by atoms with Gasteiger partial charge in [-0.15, -0.1) is 11.8 Å². The summed E-state index contributed by atoms with van der Waals surface area (Å²) in [6.07, 6.45) is 0.869. The Kier molecular flexibility index (Phi) is 6.26. The van der Waals surface area contributed by atoms with Crippen molar-refractivity contribution < 1.29 is 13.6 Å². The van der Waals surface area contributed by atoms with E-state index < -0.39 is 16.9 Å². The number of nitrogens with one attached hydrogen (secondary N) is 1. The minimum absolute atomic E-state index is 0.0263. The van der Waals surface area contributed by atoms with Crippen LogP contribution in [0.5, 0.6) is 0 Å². The van der Waals surface area contributed by atoms with Gasteiger partial charge in [0.1, 0.15) is 11.6 Å². The van der Waals surface area contributed by atoms with Gasteiger partial charge in [0.25, 0.3) is 0 Å². The van der Waals surface area contributed by atoms with Gasteiger partial charge in [-0.25, -0.2) is 8.78 Å². The van der Waals surface area contributed by atoms with Crippen molar-refractivity contribution in [3.63, 3.8) is 0 Å². The van der Waals surface area contributed by atoms with Gasteiger partial charge in [0.05, 0.1) is 10.1 Å². The van der Waals surface area contributed by atoms with Crippen LogP contribution in [0.3, 0.4) is 0 Å². The zero-order valence-electron chi connectivity index (χ0n) is 11.9. The van der Waals surface area contributed by atoms with Gasteiger partial charge in [0, 0.05) is 12.2 Å². The topological polar surface area (TPSA) is 55.1 Å². The summed E-state index contributed by atoms with van der Waals surface area (Å²) in [6, 6.07) is 2.10. The molecule has 0 fully saturated rings. The molecule has 1 atom stereocenters. The molecule has 0 aliphatic carbocycles. The second-order valence-electron chi connectivity index (χ2n) is 5.05. The highest BCUT2D eigenvalue weighted by Crippen LogP contribution is 2.30. The van der Waals surface area contributed by atoms with E-state index in [0.29, 0.717) is 12.5 Å². The van der Waals surface area contributed by atoms with Crippen LogP contribution in [-0.2, 0) is 4.79 Å². The van der Waals surface area contributed by atoms with Crippen molar-refractivity contribution in [1.29, 1.82) is 0 Å². The van der Waals surface area contributed by atoms with E-state index in [-0.39, 0.29) is 16.5 Å². The first-order chi connectivity index (χ1) is 9.31. The van der Waals surface area contributed by atoms with Gasteiger partial charge in [-0.05, 0) is 31.4 Å². The smallest absolute Gasteiger partial charge is 0.233 e. The third kappa shape index (κ3) is 5.00. The number of benzene rings is 1. The predicted octanol–water partition coefficient (Wildman–Crippen LogP) is 3.19. The molecule has 1 unspecified atom stereocenters. The van der Waals surface area contributed by atoms with Crippen LogP contribution in [0.1, 0.15) is 27.2 Å². The van der Waals surface area contributed by atoms with Crippen molar-refractivity contribution in [2.75, 3.05) is 12.3 Å². The maximum atomic E-state index is 13.6. The van der Waals surface area contributed by atoms with E-state index in [9.17, 15) is 13.6 Å². The quantitative estimate of drug-likeness (QED) is 0.627. The number of thioether (sulfide) groups is 1. The minimum Gasteiger partial charge on any atom is -0.399 e. The molecule has 1 amide bonds. The van der Waals surface area contributed by atoms with Crippen molar-refractivity contribution in [3.05, 3.63) is 23.8 Å². The van der Waals surface area contributed by atoms with E-state index in [1.165, 1.54) is 0 Å². The molecule has 3 N–H and O–H groups in total. The number of hydrogen-bond acceptors (Lipinski definition) is 3. The lowest BCUT2D eigenvalue weighted by Crippen LogP contribution is -2.32. The number of nitrogen functional groups attached to an aromatic ring is 1. The Morgan fingerprint density at radius 2 is 1.85 bits per heavy atom. The summed E-state index contributed by atoms with van der Waals surface area (Å²) in [6.45, 7) is 6.30. The van der Waals surface area contributed by atoms with Crippen molar-refractivity contribution in [1.82, 2.24) is 5.32 Å². The summed E-state index contributed by atoms with van der Waals surface area (Å²) >= 11 is 0.855. The van der Waals surface area contributed by atoms with Crippen LogP contribution in [-0.4, -0.2) is 17.7 Å². The molecule has 0 aromatic heterocycles. The van der Waals surface area contributed by atoms with Gasteiger partial charge in [-0.1, -0.05) is 13.8 Å². The second-order valence-corrected chi connectivity index (χ2v) is 6.40. The average Bonchev–Trinajstić information content (AvgIpc) is 2.32. The molecule has 0 bridgehead atoms. The van der Waals surface area contributed by atoms with E-state index >= 15 is 0 Å². The largest absolute Gasteiger partial charge is 0.399 e. The summed E-state index contributed by atoms with van der Waals surface area (Å²) in [4.78, 5) is 11.6. The molecular weight excluding hydrogens is 282 g/mol. The Morgan fingerprint density at radius 1 is 1.30 bits per heavy atom. The van der Waals surface area contributed by atoms with Crippen LogP contribution in [0.15, 0.2) is 17.0 Å². The molecule has 0 heterocycles. The highest BCUT2D eigenvalue weighted by Gasteiger charge is 2.19. The normalized spacial score (nSPS) is 12.5. The fourth-order valence-electron chi connectivity index (χ4n) is 1.55. The van der Waals surface area contributed by atoms with E-state index in [4.69, 9.17) is 5.73 Å². The number of nitrogens with two attached hydrogens (primary N) is 1. The van der Waals surface area contributed by atoms with Crippen LogP contribution in [0.2, 0.25) is 0 Å². The lowest BCUT2D eigenvalue weighted by molar-refractivity contribution is -0.120. The standard InChI is InChI=1S/C14H20F2N2OS/c1-8(2)4-5-18-14(19)9(3)20-13-11(15)6-10(17)7-12(13)16/h6-9H,4-5,17H2,1-3H3,(H,18,19). The van der Waals surface area contributed by atoms with Crippen LogP contribution in [0.25, 0.3) is 0 Å². The first-order valence-electron chi connectivity index (χ1n) is 6.50.